The molecule has 1 aliphatic carbocycles. The Labute approximate surface area is 77.2 Å². The molecule has 2 rings (SSSR count). The van der Waals surface area contributed by atoms with Gasteiger partial charge in [-0.15, -0.1) is 0 Å². The van der Waals surface area contributed by atoms with E-state index in [0.29, 0.717) is 18.8 Å². The summed E-state index contributed by atoms with van der Waals surface area (Å²) in [5, 5.41) is 0. The van der Waals surface area contributed by atoms with Gasteiger partial charge >= 0.3 is 0 Å². The average Bonchev–Trinajstić information content (AvgIpc) is 2.46. The third-order valence-corrected chi connectivity index (χ3v) is 2.29. The summed E-state index contributed by atoms with van der Waals surface area (Å²) in [4.78, 5) is 15.5. The van der Waals surface area contributed by atoms with Crippen molar-refractivity contribution in [3.05, 3.63) is 17.3 Å². The lowest BCUT2D eigenvalue weighted by Crippen LogP contribution is -2.11. The normalized spacial score (nSPS) is 16.4. The molecule has 0 aliphatic heterocycles. The van der Waals surface area contributed by atoms with Gasteiger partial charge in [-0.2, -0.15) is 0 Å². The molecule has 0 atom stereocenters. The Bertz CT molecular complexity index is 339. The van der Waals surface area contributed by atoms with E-state index in [1.54, 1.807) is 0 Å². The molecule has 0 bridgehead atoms. The van der Waals surface area contributed by atoms with Crippen LogP contribution in [0.1, 0.15) is 43.5 Å². The van der Waals surface area contributed by atoms with Crippen molar-refractivity contribution in [2.24, 2.45) is 0 Å². The zero-order valence-electron chi connectivity index (χ0n) is 7.96. The van der Waals surface area contributed by atoms with Crippen molar-refractivity contribution in [3.8, 4) is 0 Å². The second-order valence-corrected chi connectivity index (χ2v) is 3.79. The summed E-state index contributed by atoms with van der Waals surface area (Å²) in [6.07, 6.45) is 1.82. The monoisotopic (exact) mass is 179 g/mol. The molecule has 1 heterocycles. The van der Waals surface area contributed by atoms with Crippen molar-refractivity contribution in [3.63, 3.8) is 0 Å². The maximum absolute atomic E-state index is 11.1. The Kier molecular flexibility index (Phi) is 1.94. The SMILES string of the molecule is CC(C)c1nc2c(o1)CC(=O)CC2. The molecule has 0 aromatic carbocycles. The van der Waals surface area contributed by atoms with Crippen LogP contribution in [-0.2, 0) is 17.6 Å². The molecule has 3 nitrogen and oxygen atoms in total. The molecule has 0 saturated heterocycles. The summed E-state index contributed by atoms with van der Waals surface area (Å²) < 4.78 is 5.51. The van der Waals surface area contributed by atoms with Crippen molar-refractivity contribution in [1.82, 2.24) is 4.98 Å². The van der Waals surface area contributed by atoms with E-state index >= 15 is 0 Å². The molecule has 3 heteroatoms. The molecule has 0 spiro atoms. The summed E-state index contributed by atoms with van der Waals surface area (Å²) in [5.41, 5.74) is 0.989. The fourth-order valence-electron chi connectivity index (χ4n) is 1.51. The summed E-state index contributed by atoms with van der Waals surface area (Å²) in [6, 6.07) is 0. The minimum atomic E-state index is 0.263. The van der Waals surface area contributed by atoms with Crippen molar-refractivity contribution >= 4 is 5.78 Å². The van der Waals surface area contributed by atoms with Crippen LogP contribution < -0.4 is 0 Å². The van der Waals surface area contributed by atoms with Gasteiger partial charge in [0.15, 0.2) is 5.89 Å². The highest BCUT2D eigenvalue weighted by molar-refractivity contribution is 5.82. The molecule has 1 aliphatic rings. The van der Waals surface area contributed by atoms with Crippen molar-refractivity contribution in [2.75, 3.05) is 0 Å². The van der Waals surface area contributed by atoms with E-state index in [0.717, 1.165) is 23.8 Å². The van der Waals surface area contributed by atoms with Gasteiger partial charge in [0.05, 0.1) is 12.1 Å². The Morgan fingerprint density at radius 2 is 2.15 bits per heavy atom. The van der Waals surface area contributed by atoms with Gasteiger partial charge in [-0.1, -0.05) is 13.8 Å². The van der Waals surface area contributed by atoms with Crippen LogP contribution in [-0.4, -0.2) is 10.8 Å². The first-order valence-corrected chi connectivity index (χ1v) is 4.67. The van der Waals surface area contributed by atoms with Gasteiger partial charge in [-0.05, 0) is 0 Å². The number of Topliss-reactive ketones (excluding diaryl/α,β-unsaturated/α-hetero) is 1. The number of carbonyl (C=O) groups excluding carboxylic acids is 1. The van der Waals surface area contributed by atoms with Crippen molar-refractivity contribution < 1.29 is 9.21 Å². The van der Waals surface area contributed by atoms with E-state index < -0.39 is 0 Å². The Hall–Kier alpha value is -1.12. The number of nitrogens with zero attached hydrogens (tertiary/aromatic N) is 1. The topological polar surface area (TPSA) is 43.1 Å². The Morgan fingerprint density at radius 3 is 2.85 bits per heavy atom. The molecule has 13 heavy (non-hydrogen) atoms. The zero-order valence-corrected chi connectivity index (χ0v) is 7.96. The lowest BCUT2D eigenvalue weighted by molar-refractivity contribution is -0.119. The van der Waals surface area contributed by atoms with Crippen LogP contribution in [0, 0.1) is 0 Å². The molecule has 0 saturated carbocycles. The third kappa shape index (κ3) is 1.50. The summed E-state index contributed by atoms with van der Waals surface area (Å²) in [5.74, 6) is 2.12. The van der Waals surface area contributed by atoms with Crippen LogP contribution in [0.15, 0.2) is 4.42 Å². The Balaban J connectivity index is 2.33. The molecule has 0 fully saturated rings. The smallest absolute Gasteiger partial charge is 0.197 e. The summed E-state index contributed by atoms with van der Waals surface area (Å²) in [6.45, 7) is 4.08. The van der Waals surface area contributed by atoms with Gasteiger partial charge in [-0.3, -0.25) is 4.79 Å². The highest BCUT2D eigenvalue weighted by Gasteiger charge is 2.22. The second kappa shape index (κ2) is 2.98. The number of aromatic nitrogens is 1. The van der Waals surface area contributed by atoms with Gasteiger partial charge in [0.1, 0.15) is 11.5 Å². The largest absolute Gasteiger partial charge is 0.445 e. The van der Waals surface area contributed by atoms with Crippen molar-refractivity contribution in [2.45, 2.75) is 39.0 Å². The first kappa shape index (κ1) is 8.48. The number of carbonyl (C=O) groups is 1. The Morgan fingerprint density at radius 1 is 1.38 bits per heavy atom. The fourth-order valence-corrected chi connectivity index (χ4v) is 1.51. The van der Waals surface area contributed by atoms with Gasteiger partial charge in [0, 0.05) is 18.8 Å². The lowest BCUT2D eigenvalue weighted by Gasteiger charge is -2.05. The van der Waals surface area contributed by atoms with E-state index in [1.165, 1.54) is 0 Å². The van der Waals surface area contributed by atoms with Crippen LogP contribution in [0.2, 0.25) is 0 Å². The van der Waals surface area contributed by atoms with Gasteiger partial charge < -0.3 is 4.42 Å². The minimum absolute atomic E-state index is 0.263. The van der Waals surface area contributed by atoms with Crippen LogP contribution in [0.5, 0.6) is 0 Å². The van der Waals surface area contributed by atoms with Crippen LogP contribution in [0.25, 0.3) is 0 Å². The molecular weight excluding hydrogens is 166 g/mol. The van der Waals surface area contributed by atoms with Crippen LogP contribution >= 0.6 is 0 Å². The molecular formula is C10H13NO2. The quantitative estimate of drug-likeness (QED) is 0.660. The predicted molar refractivity (Wildman–Crippen MR) is 47.6 cm³/mol. The van der Waals surface area contributed by atoms with Crippen molar-refractivity contribution in [1.29, 1.82) is 0 Å². The highest BCUT2D eigenvalue weighted by Crippen LogP contribution is 2.23. The van der Waals surface area contributed by atoms with E-state index in [9.17, 15) is 4.79 Å². The third-order valence-electron chi connectivity index (χ3n) is 2.29. The number of ketones is 1. The standard InChI is InChI=1S/C10H13NO2/c1-6(2)10-11-8-4-3-7(12)5-9(8)13-10/h6H,3-5H2,1-2H3. The zero-order chi connectivity index (χ0) is 9.42. The number of fused-ring (bicyclic) bond motifs is 1. The highest BCUT2D eigenvalue weighted by atomic mass is 16.4. The van der Waals surface area contributed by atoms with E-state index in [1.807, 2.05) is 13.8 Å². The van der Waals surface area contributed by atoms with Gasteiger partial charge in [-0.25, -0.2) is 4.98 Å². The van der Waals surface area contributed by atoms with E-state index in [-0.39, 0.29) is 5.78 Å². The molecule has 0 unspecified atom stereocenters. The molecule has 1 aromatic heterocycles. The predicted octanol–water partition coefficient (Wildman–Crippen LogP) is 1.86. The number of oxazole rings is 1. The number of aryl methyl sites for hydroxylation is 1. The second-order valence-electron chi connectivity index (χ2n) is 3.79. The summed E-state index contributed by atoms with van der Waals surface area (Å²) >= 11 is 0. The average molecular weight is 179 g/mol. The van der Waals surface area contributed by atoms with Crippen LogP contribution in [0.3, 0.4) is 0 Å². The molecule has 0 radical (unpaired) electrons. The van der Waals surface area contributed by atoms with Gasteiger partial charge in [0.2, 0.25) is 0 Å². The minimum Gasteiger partial charge on any atom is -0.445 e. The first-order valence-electron chi connectivity index (χ1n) is 4.67. The maximum atomic E-state index is 11.1. The molecule has 1 aromatic rings. The van der Waals surface area contributed by atoms with E-state index in [2.05, 4.69) is 4.98 Å². The fraction of sp³-hybridized carbons (Fsp3) is 0.600. The first-order chi connectivity index (χ1) is 6.16. The maximum Gasteiger partial charge on any atom is 0.197 e. The lowest BCUT2D eigenvalue weighted by atomic mass is 10.0. The number of hydrogen-bond acceptors (Lipinski definition) is 3. The molecule has 0 N–H and O–H groups in total. The van der Waals surface area contributed by atoms with E-state index in [4.69, 9.17) is 4.42 Å². The molecule has 0 amide bonds. The summed E-state index contributed by atoms with van der Waals surface area (Å²) in [7, 11) is 0. The number of rotatable bonds is 1. The van der Waals surface area contributed by atoms with Gasteiger partial charge in [0.25, 0.3) is 0 Å². The van der Waals surface area contributed by atoms with Crippen LogP contribution in [0.4, 0.5) is 0 Å². The molecule has 70 valence electrons. The number of hydrogen-bond donors (Lipinski definition) is 0.